The van der Waals surface area contributed by atoms with Gasteiger partial charge in [-0.3, -0.25) is 0 Å². The van der Waals surface area contributed by atoms with Crippen LogP contribution in [0.1, 0.15) is 31.7 Å². The van der Waals surface area contributed by atoms with Crippen LogP contribution in [0.3, 0.4) is 0 Å². The van der Waals surface area contributed by atoms with E-state index in [4.69, 9.17) is 10.5 Å². The fourth-order valence-corrected chi connectivity index (χ4v) is 1.73. The van der Waals surface area contributed by atoms with Crippen molar-refractivity contribution in [1.29, 1.82) is 0 Å². The second-order valence-corrected chi connectivity index (χ2v) is 4.33. The summed E-state index contributed by atoms with van der Waals surface area (Å²) in [5.74, 6) is 1.16. The van der Waals surface area contributed by atoms with Crippen LogP contribution in [0.15, 0.2) is 10.7 Å². The summed E-state index contributed by atoms with van der Waals surface area (Å²) < 4.78 is 6.38. The molecule has 1 saturated heterocycles. The summed E-state index contributed by atoms with van der Waals surface area (Å²) in [5, 5.41) is 0. The lowest BCUT2D eigenvalue weighted by Crippen LogP contribution is -2.07. The zero-order chi connectivity index (χ0) is 10.1. The summed E-state index contributed by atoms with van der Waals surface area (Å²) >= 11 is 3.26. The standard InChI is InChI=1S/C9H12BrN3O/c1-5-2-3-7(14-5)9-12-4-6(10)8(11)13-9/h4-5,7H,2-3H2,1H3,(H2,11,12,13). The lowest BCUT2D eigenvalue weighted by atomic mass is 10.2. The van der Waals surface area contributed by atoms with E-state index in [2.05, 4.69) is 32.8 Å². The Bertz CT molecular complexity index is 345. The summed E-state index contributed by atoms with van der Waals surface area (Å²) in [6.07, 6.45) is 4.02. The fourth-order valence-electron chi connectivity index (χ4n) is 1.54. The van der Waals surface area contributed by atoms with Gasteiger partial charge in [-0.1, -0.05) is 0 Å². The summed E-state index contributed by atoms with van der Waals surface area (Å²) in [6, 6.07) is 0. The highest BCUT2D eigenvalue weighted by molar-refractivity contribution is 9.10. The molecule has 0 bridgehead atoms. The van der Waals surface area contributed by atoms with Gasteiger partial charge in [0.05, 0.1) is 10.6 Å². The monoisotopic (exact) mass is 257 g/mol. The van der Waals surface area contributed by atoms with Crippen LogP contribution in [0.25, 0.3) is 0 Å². The van der Waals surface area contributed by atoms with Crippen molar-refractivity contribution in [3.63, 3.8) is 0 Å². The first kappa shape index (κ1) is 9.86. The topological polar surface area (TPSA) is 61.0 Å². The summed E-state index contributed by atoms with van der Waals surface area (Å²) in [4.78, 5) is 8.38. The lowest BCUT2D eigenvalue weighted by Gasteiger charge is -2.09. The van der Waals surface area contributed by atoms with Crippen molar-refractivity contribution < 1.29 is 4.74 Å². The normalized spacial score (nSPS) is 26.7. The molecule has 0 aromatic carbocycles. The fraction of sp³-hybridized carbons (Fsp3) is 0.556. The highest BCUT2D eigenvalue weighted by Crippen LogP contribution is 2.31. The van der Waals surface area contributed by atoms with E-state index in [1.807, 2.05) is 0 Å². The molecule has 1 aromatic rings. The second kappa shape index (κ2) is 3.82. The Morgan fingerprint density at radius 3 is 2.93 bits per heavy atom. The number of nitrogens with two attached hydrogens (primary N) is 1. The molecule has 1 fully saturated rings. The number of rotatable bonds is 1. The zero-order valence-corrected chi connectivity index (χ0v) is 9.49. The number of nitrogens with zero attached hydrogens (tertiary/aromatic N) is 2. The maximum absolute atomic E-state index is 5.67. The Balaban J connectivity index is 2.20. The highest BCUT2D eigenvalue weighted by Gasteiger charge is 2.25. The smallest absolute Gasteiger partial charge is 0.159 e. The third kappa shape index (κ3) is 1.88. The molecule has 0 aliphatic carbocycles. The molecular weight excluding hydrogens is 246 g/mol. The summed E-state index contributed by atoms with van der Waals surface area (Å²) in [7, 11) is 0. The molecule has 5 heteroatoms. The first-order valence-electron chi connectivity index (χ1n) is 4.60. The van der Waals surface area contributed by atoms with E-state index in [0.29, 0.717) is 17.7 Å². The number of halogens is 1. The first-order chi connectivity index (χ1) is 6.66. The van der Waals surface area contributed by atoms with Crippen molar-refractivity contribution in [2.75, 3.05) is 5.73 Å². The van der Waals surface area contributed by atoms with E-state index in [1.54, 1.807) is 6.20 Å². The molecule has 0 radical (unpaired) electrons. The predicted octanol–water partition coefficient (Wildman–Crippen LogP) is 2.06. The Morgan fingerprint density at radius 2 is 2.36 bits per heavy atom. The lowest BCUT2D eigenvalue weighted by molar-refractivity contribution is 0.0503. The molecule has 1 aromatic heterocycles. The maximum atomic E-state index is 5.67. The van der Waals surface area contributed by atoms with Gasteiger partial charge >= 0.3 is 0 Å². The number of ether oxygens (including phenoxy) is 1. The molecule has 2 atom stereocenters. The minimum atomic E-state index is 0.0143. The van der Waals surface area contributed by atoms with Crippen molar-refractivity contribution in [3.8, 4) is 0 Å². The largest absolute Gasteiger partial charge is 0.383 e. The summed E-state index contributed by atoms with van der Waals surface area (Å²) in [5.41, 5.74) is 5.67. The molecular formula is C9H12BrN3O. The molecule has 0 spiro atoms. The van der Waals surface area contributed by atoms with Gasteiger partial charge in [0, 0.05) is 6.20 Å². The van der Waals surface area contributed by atoms with E-state index < -0.39 is 0 Å². The molecule has 1 aliphatic heterocycles. The molecule has 2 N–H and O–H groups in total. The van der Waals surface area contributed by atoms with Crippen molar-refractivity contribution in [3.05, 3.63) is 16.5 Å². The van der Waals surface area contributed by atoms with Gasteiger partial charge in [-0.2, -0.15) is 0 Å². The van der Waals surface area contributed by atoms with Gasteiger partial charge in [0.1, 0.15) is 11.9 Å². The van der Waals surface area contributed by atoms with Gasteiger partial charge < -0.3 is 10.5 Å². The Kier molecular flexibility index (Phi) is 2.69. The van der Waals surface area contributed by atoms with Crippen molar-refractivity contribution >= 4 is 21.7 Å². The van der Waals surface area contributed by atoms with Crippen LogP contribution in [0, 0.1) is 0 Å². The van der Waals surface area contributed by atoms with Gasteiger partial charge in [-0.05, 0) is 35.7 Å². The van der Waals surface area contributed by atoms with Crippen molar-refractivity contribution in [2.24, 2.45) is 0 Å². The van der Waals surface area contributed by atoms with Gasteiger partial charge in [-0.15, -0.1) is 0 Å². The Morgan fingerprint density at radius 1 is 1.57 bits per heavy atom. The van der Waals surface area contributed by atoms with E-state index in [-0.39, 0.29) is 6.10 Å². The number of nitrogen functional groups attached to an aromatic ring is 1. The average Bonchev–Trinajstić information content (AvgIpc) is 2.57. The number of hydrogen-bond acceptors (Lipinski definition) is 4. The van der Waals surface area contributed by atoms with Gasteiger partial charge in [0.25, 0.3) is 0 Å². The van der Waals surface area contributed by atoms with Crippen LogP contribution in [0.2, 0.25) is 0 Å². The van der Waals surface area contributed by atoms with E-state index in [9.17, 15) is 0 Å². The molecule has 76 valence electrons. The van der Waals surface area contributed by atoms with Crippen molar-refractivity contribution in [1.82, 2.24) is 9.97 Å². The molecule has 2 unspecified atom stereocenters. The summed E-state index contributed by atoms with van der Waals surface area (Å²) in [6.45, 7) is 2.06. The van der Waals surface area contributed by atoms with Crippen LogP contribution >= 0.6 is 15.9 Å². The van der Waals surface area contributed by atoms with Crippen LogP contribution in [-0.4, -0.2) is 16.1 Å². The molecule has 2 heterocycles. The highest BCUT2D eigenvalue weighted by atomic mass is 79.9. The number of hydrogen-bond donors (Lipinski definition) is 1. The minimum Gasteiger partial charge on any atom is -0.383 e. The predicted molar refractivity (Wildman–Crippen MR) is 56.7 cm³/mol. The molecule has 1 aliphatic rings. The minimum absolute atomic E-state index is 0.0143. The van der Waals surface area contributed by atoms with Crippen LogP contribution in [0.4, 0.5) is 5.82 Å². The Labute approximate surface area is 91.0 Å². The number of aromatic nitrogens is 2. The van der Waals surface area contributed by atoms with Crippen molar-refractivity contribution in [2.45, 2.75) is 32.0 Å². The van der Waals surface area contributed by atoms with Gasteiger partial charge in [0.2, 0.25) is 0 Å². The first-order valence-corrected chi connectivity index (χ1v) is 5.39. The molecule has 14 heavy (non-hydrogen) atoms. The third-order valence-corrected chi connectivity index (χ3v) is 2.92. The van der Waals surface area contributed by atoms with Crippen LogP contribution < -0.4 is 5.73 Å². The van der Waals surface area contributed by atoms with Crippen LogP contribution in [0.5, 0.6) is 0 Å². The van der Waals surface area contributed by atoms with Gasteiger partial charge in [-0.25, -0.2) is 9.97 Å². The molecule has 2 rings (SSSR count). The van der Waals surface area contributed by atoms with Crippen LogP contribution in [-0.2, 0) is 4.74 Å². The van der Waals surface area contributed by atoms with E-state index in [0.717, 1.165) is 17.3 Å². The third-order valence-electron chi connectivity index (χ3n) is 2.31. The SMILES string of the molecule is CC1CCC(c2ncc(Br)c(N)n2)O1. The average molecular weight is 258 g/mol. The number of anilines is 1. The Hall–Kier alpha value is -0.680. The maximum Gasteiger partial charge on any atom is 0.159 e. The quantitative estimate of drug-likeness (QED) is 0.837. The zero-order valence-electron chi connectivity index (χ0n) is 7.90. The molecule has 4 nitrogen and oxygen atoms in total. The molecule has 0 saturated carbocycles. The van der Waals surface area contributed by atoms with E-state index in [1.165, 1.54) is 0 Å². The van der Waals surface area contributed by atoms with E-state index >= 15 is 0 Å². The molecule has 0 amide bonds. The van der Waals surface area contributed by atoms with Gasteiger partial charge in [0.15, 0.2) is 5.82 Å². The second-order valence-electron chi connectivity index (χ2n) is 3.47.